The monoisotopic (exact) mass is 474 g/mol. The predicted molar refractivity (Wildman–Crippen MR) is 121 cm³/mol. The van der Waals surface area contributed by atoms with Crippen LogP contribution < -0.4 is 9.47 Å². The van der Waals surface area contributed by atoms with Crippen molar-refractivity contribution in [2.75, 3.05) is 33.3 Å². The van der Waals surface area contributed by atoms with Gasteiger partial charge in [-0.3, -0.25) is 19.7 Å². The normalized spacial score (nSPS) is 16.6. The number of nitro benzene ring substituents is 1. The molecule has 0 radical (unpaired) electrons. The SMILES string of the molecule is COc1cc(C(=O)N2CCN(C(=O)C3CCCC3)CC2)c([N+](=O)[O-])cc1OCc1cscn1. The molecule has 0 N–H and O–H groups in total. The lowest BCUT2D eigenvalue weighted by atomic mass is 10.1. The minimum atomic E-state index is -0.595. The summed E-state index contributed by atoms with van der Waals surface area (Å²) in [5.41, 5.74) is 1.95. The summed E-state index contributed by atoms with van der Waals surface area (Å²) >= 11 is 1.42. The van der Waals surface area contributed by atoms with Gasteiger partial charge >= 0.3 is 0 Å². The zero-order valence-electron chi connectivity index (χ0n) is 18.4. The van der Waals surface area contributed by atoms with Gasteiger partial charge in [-0.15, -0.1) is 11.3 Å². The Labute approximate surface area is 195 Å². The van der Waals surface area contributed by atoms with Crippen LogP contribution in [-0.4, -0.2) is 64.8 Å². The smallest absolute Gasteiger partial charge is 0.286 e. The summed E-state index contributed by atoms with van der Waals surface area (Å²) in [5.74, 6) is 0.192. The van der Waals surface area contributed by atoms with Crippen LogP contribution in [0.4, 0.5) is 5.69 Å². The minimum absolute atomic E-state index is 0.0616. The molecule has 4 rings (SSSR count). The molecule has 1 aromatic heterocycles. The van der Waals surface area contributed by atoms with Gasteiger partial charge in [-0.25, -0.2) is 4.98 Å². The molecule has 0 atom stereocenters. The Morgan fingerprint density at radius 2 is 1.85 bits per heavy atom. The topological polar surface area (TPSA) is 115 Å². The average molecular weight is 475 g/mol. The van der Waals surface area contributed by atoms with Crippen LogP contribution in [0.25, 0.3) is 0 Å². The number of nitro groups is 1. The summed E-state index contributed by atoms with van der Waals surface area (Å²) in [5, 5.41) is 13.6. The van der Waals surface area contributed by atoms with Gasteiger partial charge in [0.1, 0.15) is 12.2 Å². The zero-order chi connectivity index (χ0) is 23.4. The molecule has 0 unspecified atom stereocenters. The number of ether oxygens (including phenoxy) is 2. The third-order valence-corrected chi connectivity index (χ3v) is 6.79. The molecule has 2 aliphatic rings. The van der Waals surface area contributed by atoms with Crippen molar-refractivity contribution in [3.05, 3.63) is 44.4 Å². The highest BCUT2D eigenvalue weighted by Gasteiger charge is 2.33. The molecule has 2 aromatic rings. The van der Waals surface area contributed by atoms with Gasteiger partial charge in [0, 0.05) is 43.5 Å². The van der Waals surface area contributed by atoms with E-state index in [0.717, 1.165) is 25.7 Å². The summed E-state index contributed by atoms with van der Waals surface area (Å²) in [6, 6.07) is 2.57. The van der Waals surface area contributed by atoms with Crippen molar-refractivity contribution in [3.63, 3.8) is 0 Å². The number of hydrogen-bond acceptors (Lipinski definition) is 8. The van der Waals surface area contributed by atoms with Crippen LogP contribution in [0, 0.1) is 16.0 Å². The zero-order valence-corrected chi connectivity index (χ0v) is 19.2. The highest BCUT2D eigenvalue weighted by atomic mass is 32.1. The Hall–Kier alpha value is -3.21. The van der Waals surface area contributed by atoms with E-state index in [1.165, 1.54) is 30.6 Å². The van der Waals surface area contributed by atoms with Crippen LogP contribution in [0.2, 0.25) is 0 Å². The van der Waals surface area contributed by atoms with Crippen molar-refractivity contribution < 1.29 is 24.0 Å². The second-order valence-electron chi connectivity index (χ2n) is 8.14. The summed E-state index contributed by atoms with van der Waals surface area (Å²) in [6.45, 7) is 1.65. The molecule has 1 saturated carbocycles. The second-order valence-corrected chi connectivity index (χ2v) is 8.86. The number of benzene rings is 1. The van der Waals surface area contributed by atoms with Crippen LogP contribution in [0.15, 0.2) is 23.0 Å². The van der Waals surface area contributed by atoms with E-state index in [4.69, 9.17) is 9.47 Å². The van der Waals surface area contributed by atoms with E-state index in [9.17, 15) is 19.7 Å². The predicted octanol–water partition coefficient (Wildman–Crippen LogP) is 3.11. The Morgan fingerprint density at radius 3 is 2.45 bits per heavy atom. The van der Waals surface area contributed by atoms with Crippen molar-refractivity contribution in [2.24, 2.45) is 5.92 Å². The van der Waals surface area contributed by atoms with Crippen LogP contribution in [0.5, 0.6) is 11.5 Å². The van der Waals surface area contributed by atoms with Crippen LogP contribution in [-0.2, 0) is 11.4 Å². The van der Waals surface area contributed by atoms with Gasteiger partial charge in [0.2, 0.25) is 5.91 Å². The molecule has 0 bridgehead atoms. The first-order valence-electron chi connectivity index (χ1n) is 10.9. The molecule has 2 amide bonds. The summed E-state index contributed by atoms with van der Waals surface area (Å²) < 4.78 is 11.0. The Morgan fingerprint density at radius 1 is 1.15 bits per heavy atom. The second kappa shape index (κ2) is 10.2. The lowest BCUT2D eigenvalue weighted by molar-refractivity contribution is -0.385. The van der Waals surface area contributed by atoms with Crippen LogP contribution in [0.1, 0.15) is 41.7 Å². The van der Waals surface area contributed by atoms with Gasteiger partial charge in [0.25, 0.3) is 11.6 Å². The van der Waals surface area contributed by atoms with Gasteiger partial charge in [-0.1, -0.05) is 12.8 Å². The van der Waals surface area contributed by atoms with Gasteiger partial charge in [0.15, 0.2) is 11.5 Å². The van der Waals surface area contributed by atoms with Crippen molar-refractivity contribution in [1.82, 2.24) is 14.8 Å². The van der Waals surface area contributed by atoms with Gasteiger partial charge in [0.05, 0.1) is 29.3 Å². The number of amides is 2. The van der Waals surface area contributed by atoms with E-state index >= 15 is 0 Å². The molecule has 33 heavy (non-hydrogen) atoms. The lowest BCUT2D eigenvalue weighted by Gasteiger charge is -2.36. The molecule has 2 heterocycles. The van der Waals surface area contributed by atoms with E-state index in [1.54, 1.807) is 10.4 Å². The Bertz CT molecular complexity index is 1010. The summed E-state index contributed by atoms with van der Waals surface area (Å²) in [6.07, 6.45) is 4.04. The molecule has 10 nitrogen and oxygen atoms in total. The lowest BCUT2D eigenvalue weighted by Crippen LogP contribution is -2.51. The van der Waals surface area contributed by atoms with Gasteiger partial charge in [-0.2, -0.15) is 0 Å². The first-order valence-corrected chi connectivity index (χ1v) is 11.9. The number of carbonyl (C=O) groups is 2. The van der Waals surface area contributed by atoms with E-state index < -0.39 is 10.8 Å². The maximum absolute atomic E-state index is 13.2. The van der Waals surface area contributed by atoms with Gasteiger partial charge in [-0.05, 0) is 12.8 Å². The van der Waals surface area contributed by atoms with Gasteiger partial charge < -0.3 is 19.3 Å². The first-order chi connectivity index (χ1) is 16.0. The minimum Gasteiger partial charge on any atom is -0.493 e. The molecule has 1 aromatic carbocycles. The van der Waals surface area contributed by atoms with E-state index in [2.05, 4.69) is 4.98 Å². The Balaban J connectivity index is 1.48. The number of piperazine rings is 1. The summed E-state index contributed by atoms with van der Waals surface area (Å²) in [4.78, 5) is 44.5. The molecule has 2 fully saturated rings. The molecule has 1 aliphatic heterocycles. The number of aromatic nitrogens is 1. The van der Waals surface area contributed by atoms with Crippen LogP contribution in [0.3, 0.4) is 0 Å². The molecular formula is C22H26N4O6S. The number of methoxy groups -OCH3 is 1. The number of thiazole rings is 1. The summed E-state index contributed by atoms with van der Waals surface area (Å²) in [7, 11) is 1.42. The Kier molecular flexibility index (Phi) is 7.07. The molecule has 176 valence electrons. The third kappa shape index (κ3) is 5.08. The maximum Gasteiger partial charge on any atom is 0.286 e. The van der Waals surface area contributed by atoms with Crippen molar-refractivity contribution >= 4 is 28.8 Å². The third-order valence-electron chi connectivity index (χ3n) is 6.15. The van der Waals surface area contributed by atoms with E-state index in [-0.39, 0.29) is 41.2 Å². The number of hydrogen-bond donors (Lipinski definition) is 0. The number of carbonyl (C=O) groups excluding carboxylic acids is 2. The average Bonchev–Trinajstić information content (AvgIpc) is 3.56. The van der Waals surface area contributed by atoms with Crippen molar-refractivity contribution in [1.29, 1.82) is 0 Å². The molecule has 0 spiro atoms. The quantitative estimate of drug-likeness (QED) is 0.447. The highest BCUT2D eigenvalue weighted by Crippen LogP contribution is 2.36. The maximum atomic E-state index is 13.2. The molecular weight excluding hydrogens is 448 g/mol. The standard InChI is InChI=1S/C22H26N4O6S/c1-31-19-10-17(18(26(29)30)11-20(19)32-12-16-13-33-14-23-16)22(28)25-8-6-24(7-9-25)21(27)15-4-2-3-5-15/h10-11,13-15H,2-9,12H2,1H3. The fourth-order valence-corrected chi connectivity index (χ4v) is 4.88. The van der Waals surface area contributed by atoms with Crippen molar-refractivity contribution in [2.45, 2.75) is 32.3 Å². The van der Waals surface area contributed by atoms with E-state index in [1.807, 2.05) is 10.3 Å². The first kappa shape index (κ1) is 23.0. The highest BCUT2D eigenvalue weighted by molar-refractivity contribution is 7.07. The fourth-order valence-electron chi connectivity index (χ4n) is 4.34. The molecule has 1 saturated heterocycles. The molecule has 11 heteroatoms. The van der Waals surface area contributed by atoms with Crippen LogP contribution >= 0.6 is 11.3 Å². The number of rotatable bonds is 7. The number of nitrogens with zero attached hydrogens (tertiary/aromatic N) is 4. The van der Waals surface area contributed by atoms with E-state index in [0.29, 0.717) is 31.9 Å². The largest absolute Gasteiger partial charge is 0.493 e. The molecule has 1 aliphatic carbocycles. The van der Waals surface area contributed by atoms with Crippen molar-refractivity contribution in [3.8, 4) is 11.5 Å². The fraction of sp³-hybridized carbons (Fsp3) is 0.500.